The van der Waals surface area contributed by atoms with Gasteiger partial charge in [-0.3, -0.25) is 0 Å². The summed E-state index contributed by atoms with van der Waals surface area (Å²) in [6.45, 7) is 0.191. The topological polar surface area (TPSA) is 64.6 Å². The Balaban J connectivity index is 1.64. The van der Waals surface area contributed by atoms with Crippen molar-refractivity contribution in [1.82, 2.24) is 5.32 Å². The van der Waals surface area contributed by atoms with Crippen LogP contribution in [0, 0.1) is 11.8 Å². The second kappa shape index (κ2) is 7.24. The lowest BCUT2D eigenvalue weighted by molar-refractivity contribution is -0.148. The highest BCUT2D eigenvalue weighted by molar-refractivity contribution is 5.86. The van der Waals surface area contributed by atoms with Crippen molar-refractivity contribution in [3.8, 4) is 0 Å². The minimum Gasteiger partial charge on any atom is -0.467 e. The zero-order chi connectivity index (χ0) is 17.0. The molecule has 5 heteroatoms. The normalized spacial score (nSPS) is 24.7. The monoisotopic (exact) mass is 331 g/mol. The molecular formula is C19H25NO4. The van der Waals surface area contributed by atoms with Crippen LogP contribution in [0.15, 0.2) is 30.3 Å². The molecule has 0 radical (unpaired) electrons. The fourth-order valence-electron chi connectivity index (χ4n) is 4.27. The van der Waals surface area contributed by atoms with Crippen molar-refractivity contribution in [3.05, 3.63) is 35.9 Å². The van der Waals surface area contributed by atoms with Gasteiger partial charge in [0.15, 0.2) is 0 Å². The van der Waals surface area contributed by atoms with Crippen molar-refractivity contribution in [2.75, 3.05) is 7.11 Å². The number of esters is 1. The van der Waals surface area contributed by atoms with E-state index in [0.717, 1.165) is 18.4 Å². The summed E-state index contributed by atoms with van der Waals surface area (Å²) in [5.74, 6) is 0.633. The predicted octanol–water partition coefficient (Wildman–Crippen LogP) is 3.42. The number of methoxy groups -OCH3 is 1. The summed E-state index contributed by atoms with van der Waals surface area (Å²) in [5.41, 5.74) is -0.0118. The maximum atomic E-state index is 12.4. The van der Waals surface area contributed by atoms with E-state index in [1.165, 1.54) is 20.0 Å². The minimum absolute atomic E-state index is 0.191. The van der Waals surface area contributed by atoms with Gasteiger partial charge in [-0.05, 0) is 30.2 Å². The molecule has 1 aromatic rings. The summed E-state index contributed by atoms with van der Waals surface area (Å²) in [7, 11) is 1.38. The van der Waals surface area contributed by atoms with Crippen LogP contribution in [0.2, 0.25) is 0 Å². The quantitative estimate of drug-likeness (QED) is 0.859. The van der Waals surface area contributed by atoms with Gasteiger partial charge < -0.3 is 14.8 Å². The Morgan fingerprint density at radius 3 is 2.33 bits per heavy atom. The fourth-order valence-corrected chi connectivity index (χ4v) is 4.27. The highest BCUT2D eigenvalue weighted by atomic mass is 16.6. The third kappa shape index (κ3) is 3.55. The Morgan fingerprint density at radius 2 is 1.75 bits per heavy atom. The number of hydrogen-bond acceptors (Lipinski definition) is 4. The number of ether oxygens (including phenoxy) is 2. The number of rotatable bonds is 4. The van der Waals surface area contributed by atoms with Gasteiger partial charge in [-0.25, -0.2) is 9.59 Å². The number of hydrogen-bond donors (Lipinski definition) is 1. The number of carbonyl (C=O) groups is 2. The standard InChI is InChI=1S/C19H25NO4/c1-23-17(21)19(11-15-9-5-6-10-16(15)12-19)20-18(22)24-13-14-7-3-2-4-8-14/h2-4,7-8,15-16H,5-6,9-13H2,1H3,(H,20,22)/t15-,16-/m0/s1. The predicted molar refractivity (Wildman–Crippen MR) is 89.2 cm³/mol. The van der Waals surface area contributed by atoms with Crippen LogP contribution in [0.1, 0.15) is 44.1 Å². The number of alkyl carbamates (subject to hydrolysis) is 1. The molecule has 0 aliphatic heterocycles. The Bertz CT molecular complexity index is 572. The summed E-state index contributed by atoms with van der Waals surface area (Å²) in [6, 6.07) is 9.50. The van der Waals surface area contributed by atoms with Gasteiger partial charge in [0, 0.05) is 0 Å². The number of fused-ring (bicyclic) bond motifs is 1. The van der Waals surface area contributed by atoms with Gasteiger partial charge >= 0.3 is 12.1 Å². The first-order valence-electron chi connectivity index (χ1n) is 8.70. The summed E-state index contributed by atoms with van der Waals surface area (Å²) in [6.07, 6.45) is 5.43. The van der Waals surface area contributed by atoms with E-state index in [0.29, 0.717) is 24.7 Å². The average molecular weight is 331 g/mol. The van der Waals surface area contributed by atoms with E-state index >= 15 is 0 Å². The second-order valence-corrected chi connectivity index (χ2v) is 6.97. The molecule has 130 valence electrons. The molecular weight excluding hydrogens is 306 g/mol. The minimum atomic E-state index is -0.928. The molecule has 5 nitrogen and oxygen atoms in total. The van der Waals surface area contributed by atoms with Gasteiger partial charge in [-0.1, -0.05) is 56.0 Å². The molecule has 2 aliphatic carbocycles. The van der Waals surface area contributed by atoms with E-state index in [4.69, 9.17) is 9.47 Å². The molecule has 3 rings (SSSR count). The van der Waals surface area contributed by atoms with E-state index < -0.39 is 11.6 Å². The first kappa shape index (κ1) is 16.8. The molecule has 0 unspecified atom stereocenters. The largest absolute Gasteiger partial charge is 0.467 e. The highest BCUT2D eigenvalue weighted by Crippen LogP contribution is 2.47. The van der Waals surface area contributed by atoms with E-state index in [9.17, 15) is 9.59 Å². The molecule has 0 aromatic heterocycles. The maximum absolute atomic E-state index is 12.4. The first-order valence-corrected chi connectivity index (χ1v) is 8.70. The van der Waals surface area contributed by atoms with E-state index in [2.05, 4.69) is 5.32 Å². The van der Waals surface area contributed by atoms with Crippen LogP contribution in [-0.4, -0.2) is 24.7 Å². The molecule has 1 amide bonds. The van der Waals surface area contributed by atoms with Crippen LogP contribution in [0.5, 0.6) is 0 Å². The van der Waals surface area contributed by atoms with Crippen LogP contribution < -0.4 is 5.32 Å². The second-order valence-electron chi connectivity index (χ2n) is 6.97. The lowest BCUT2D eigenvalue weighted by atomic mass is 9.82. The SMILES string of the molecule is COC(=O)C1(NC(=O)OCc2ccccc2)C[C@@H]2CCCC[C@H]2C1. The van der Waals surface area contributed by atoms with Gasteiger partial charge in [-0.2, -0.15) is 0 Å². The molecule has 0 heterocycles. The van der Waals surface area contributed by atoms with Gasteiger partial charge in [0.2, 0.25) is 0 Å². The lowest BCUT2D eigenvalue weighted by Gasteiger charge is -2.27. The number of nitrogens with one attached hydrogen (secondary N) is 1. The Kier molecular flexibility index (Phi) is 5.07. The number of carbonyl (C=O) groups excluding carboxylic acids is 2. The molecule has 0 saturated heterocycles. The first-order chi connectivity index (χ1) is 11.6. The van der Waals surface area contributed by atoms with Crippen molar-refractivity contribution >= 4 is 12.1 Å². The number of benzene rings is 1. The zero-order valence-corrected chi connectivity index (χ0v) is 14.1. The van der Waals surface area contributed by atoms with Gasteiger partial charge in [-0.15, -0.1) is 0 Å². The van der Waals surface area contributed by atoms with Crippen LogP contribution in [0.25, 0.3) is 0 Å². The van der Waals surface area contributed by atoms with E-state index in [1.807, 2.05) is 30.3 Å². The zero-order valence-electron chi connectivity index (χ0n) is 14.1. The third-order valence-electron chi connectivity index (χ3n) is 5.42. The average Bonchev–Trinajstić information content (AvgIpc) is 2.99. The highest BCUT2D eigenvalue weighted by Gasteiger charge is 2.52. The van der Waals surface area contributed by atoms with Crippen molar-refractivity contribution in [3.63, 3.8) is 0 Å². The van der Waals surface area contributed by atoms with Crippen molar-refractivity contribution in [1.29, 1.82) is 0 Å². The van der Waals surface area contributed by atoms with Gasteiger partial charge in [0.25, 0.3) is 0 Å². The van der Waals surface area contributed by atoms with Crippen molar-refractivity contribution in [2.24, 2.45) is 11.8 Å². The fraction of sp³-hybridized carbons (Fsp3) is 0.579. The molecule has 1 N–H and O–H groups in total. The van der Waals surface area contributed by atoms with Crippen molar-refractivity contribution in [2.45, 2.75) is 50.7 Å². The third-order valence-corrected chi connectivity index (χ3v) is 5.42. The van der Waals surface area contributed by atoms with E-state index in [1.54, 1.807) is 0 Å². The van der Waals surface area contributed by atoms with Gasteiger partial charge in [0.05, 0.1) is 7.11 Å². The molecule has 0 spiro atoms. The van der Waals surface area contributed by atoms with Crippen molar-refractivity contribution < 1.29 is 19.1 Å². The Labute approximate surface area is 142 Å². The van der Waals surface area contributed by atoms with Crippen LogP contribution >= 0.6 is 0 Å². The van der Waals surface area contributed by atoms with Crippen LogP contribution in [0.3, 0.4) is 0 Å². The Hall–Kier alpha value is -2.04. The summed E-state index contributed by atoms with van der Waals surface area (Å²) in [5, 5.41) is 2.83. The summed E-state index contributed by atoms with van der Waals surface area (Å²) >= 11 is 0. The molecule has 0 bridgehead atoms. The molecule has 2 saturated carbocycles. The van der Waals surface area contributed by atoms with Crippen LogP contribution in [0.4, 0.5) is 4.79 Å². The Morgan fingerprint density at radius 1 is 1.12 bits per heavy atom. The molecule has 2 aliphatic rings. The van der Waals surface area contributed by atoms with Crippen LogP contribution in [-0.2, 0) is 20.9 Å². The summed E-state index contributed by atoms with van der Waals surface area (Å²) in [4.78, 5) is 24.7. The molecule has 2 atom stereocenters. The smallest absolute Gasteiger partial charge is 0.408 e. The van der Waals surface area contributed by atoms with Gasteiger partial charge in [0.1, 0.15) is 12.1 Å². The number of amides is 1. The molecule has 1 aromatic carbocycles. The molecule has 24 heavy (non-hydrogen) atoms. The maximum Gasteiger partial charge on any atom is 0.408 e. The lowest BCUT2D eigenvalue weighted by Crippen LogP contribution is -2.53. The van der Waals surface area contributed by atoms with E-state index in [-0.39, 0.29) is 12.6 Å². The molecule has 2 fully saturated rings. The summed E-state index contributed by atoms with van der Waals surface area (Å²) < 4.78 is 10.3.